The summed E-state index contributed by atoms with van der Waals surface area (Å²) < 4.78 is 0. The molecule has 1 aromatic heterocycles. The summed E-state index contributed by atoms with van der Waals surface area (Å²) in [6.45, 7) is 0. The molecule has 86 valence electrons. The summed E-state index contributed by atoms with van der Waals surface area (Å²) in [5.74, 6) is -0.208. The highest BCUT2D eigenvalue weighted by Gasteiger charge is 2.09. The SMILES string of the molecule is NC(=S)N=Nc1c(=O)[nH]c(O)c2ccccc12. The third-order valence-corrected chi connectivity index (χ3v) is 2.21. The summed E-state index contributed by atoms with van der Waals surface area (Å²) in [4.78, 5) is 13.9. The fourth-order valence-corrected chi connectivity index (χ4v) is 1.49. The number of hydrogen-bond acceptors (Lipinski definition) is 4. The van der Waals surface area contributed by atoms with Crippen LogP contribution in [0, 0.1) is 0 Å². The van der Waals surface area contributed by atoms with Gasteiger partial charge in [0.1, 0.15) is 0 Å². The number of pyridine rings is 1. The monoisotopic (exact) mass is 248 g/mol. The van der Waals surface area contributed by atoms with Crippen molar-refractivity contribution in [2.75, 3.05) is 0 Å². The van der Waals surface area contributed by atoms with Gasteiger partial charge >= 0.3 is 0 Å². The Morgan fingerprint density at radius 2 is 2.00 bits per heavy atom. The van der Waals surface area contributed by atoms with Gasteiger partial charge in [0.15, 0.2) is 11.6 Å². The standard InChI is InChI=1S/C10H8N4O2S/c11-10(17)14-13-7-5-3-1-2-4-6(5)8(15)12-9(7)16/h1-4H,(H2,11,17)(H2,12,15,16). The van der Waals surface area contributed by atoms with Gasteiger partial charge in [0.2, 0.25) is 5.11 Å². The van der Waals surface area contributed by atoms with Gasteiger partial charge in [-0.3, -0.25) is 9.78 Å². The van der Waals surface area contributed by atoms with Gasteiger partial charge in [-0.15, -0.1) is 10.2 Å². The van der Waals surface area contributed by atoms with Crippen LogP contribution < -0.4 is 11.3 Å². The van der Waals surface area contributed by atoms with Crippen LogP contribution in [-0.4, -0.2) is 15.2 Å². The Balaban J connectivity index is 2.78. The van der Waals surface area contributed by atoms with Crippen molar-refractivity contribution in [1.82, 2.24) is 4.98 Å². The maximum absolute atomic E-state index is 11.6. The Kier molecular flexibility index (Phi) is 2.84. The molecule has 0 aliphatic heterocycles. The van der Waals surface area contributed by atoms with Crippen LogP contribution >= 0.6 is 12.2 Å². The highest BCUT2D eigenvalue weighted by atomic mass is 32.1. The Labute approximate surface area is 101 Å². The van der Waals surface area contributed by atoms with E-state index in [1.807, 2.05) is 0 Å². The molecule has 0 spiro atoms. The minimum absolute atomic E-state index is 0.0613. The lowest BCUT2D eigenvalue weighted by Gasteiger charge is -2.02. The predicted octanol–water partition coefficient (Wildman–Crippen LogP) is 1.56. The van der Waals surface area contributed by atoms with Gasteiger partial charge in [-0.1, -0.05) is 18.2 Å². The summed E-state index contributed by atoms with van der Waals surface area (Å²) in [6.07, 6.45) is 0. The Morgan fingerprint density at radius 3 is 2.65 bits per heavy atom. The average molecular weight is 248 g/mol. The van der Waals surface area contributed by atoms with Gasteiger partial charge in [0, 0.05) is 10.8 Å². The van der Waals surface area contributed by atoms with Crippen LogP contribution in [0.25, 0.3) is 10.8 Å². The van der Waals surface area contributed by atoms with Gasteiger partial charge < -0.3 is 10.8 Å². The van der Waals surface area contributed by atoms with Crippen LogP contribution in [-0.2, 0) is 0 Å². The summed E-state index contributed by atoms with van der Waals surface area (Å²) in [7, 11) is 0. The Morgan fingerprint density at radius 1 is 1.35 bits per heavy atom. The van der Waals surface area contributed by atoms with Crippen molar-refractivity contribution >= 4 is 33.8 Å². The maximum Gasteiger partial charge on any atom is 0.279 e. The fourth-order valence-electron chi connectivity index (χ4n) is 1.45. The molecule has 0 saturated heterocycles. The van der Waals surface area contributed by atoms with Gasteiger partial charge in [-0.2, -0.15) is 0 Å². The predicted molar refractivity (Wildman–Crippen MR) is 67.5 cm³/mol. The lowest BCUT2D eigenvalue weighted by atomic mass is 10.1. The van der Waals surface area contributed by atoms with Crippen molar-refractivity contribution in [3.8, 4) is 5.88 Å². The minimum Gasteiger partial charge on any atom is -0.494 e. The molecule has 7 heteroatoms. The molecule has 0 atom stereocenters. The zero-order valence-corrected chi connectivity index (χ0v) is 9.36. The number of nitrogens with one attached hydrogen (secondary N) is 1. The lowest BCUT2D eigenvalue weighted by Crippen LogP contribution is -2.06. The molecule has 2 rings (SSSR count). The van der Waals surface area contributed by atoms with Crippen LogP contribution in [0.15, 0.2) is 39.3 Å². The highest BCUT2D eigenvalue weighted by Crippen LogP contribution is 2.27. The largest absolute Gasteiger partial charge is 0.494 e. The van der Waals surface area contributed by atoms with Gasteiger partial charge in [-0.25, -0.2) is 0 Å². The first kappa shape index (κ1) is 11.2. The van der Waals surface area contributed by atoms with Crippen molar-refractivity contribution in [1.29, 1.82) is 0 Å². The second-order valence-corrected chi connectivity index (χ2v) is 3.65. The molecular formula is C10H8N4O2S. The van der Waals surface area contributed by atoms with E-state index in [0.717, 1.165) is 0 Å². The smallest absolute Gasteiger partial charge is 0.279 e. The minimum atomic E-state index is -0.554. The number of nitrogens with two attached hydrogens (primary N) is 1. The number of thiocarbonyl (C=S) groups is 1. The number of aromatic hydroxyl groups is 1. The Hall–Kier alpha value is -2.28. The third-order valence-electron chi connectivity index (χ3n) is 2.13. The average Bonchev–Trinajstić information content (AvgIpc) is 2.28. The molecule has 2 aromatic rings. The summed E-state index contributed by atoms with van der Waals surface area (Å²) in [5, 5.41) is 17.5. The lowest BCUT2D eigenvalue weighted by molar-refractivity contribution is 0.459. The van der Waals surface area contributed by atoms with E-state index < -0.39 is 5.56 Å². The molecule has 4 N–H and O–H groups in total. The van der Waals surface area contributed by atoms with Crippen LogP contribution in [0.1, 0.15) is 0 Å². The molecule has 0 bridgehead atoms. The molecule has 17 heavy (non-hydrogen) atoms. The first-order valence-electron chi connectivity index (χ1n) is 4.65. The van der Waals surface area contributed by atoms with Crippen LogP contribution in [0.3, 0.4) is 0 Å². The molecule has 0 aliphatic carbocycles. The maximum atomic E-state index is 11.6. The van der Waals surface area contributed by atoms with Crippen molar-refractivity contribution in [3.63, 3.8) is 0 Å². The molecule has 0 aliphatic rings. The summed E-state index contributed by atoms with van der Waals surface area (Å²) in [6, 6.07) is 6.76. The molecule has 0 fully saturated rings. The van der Waals surface area contributed by atoms with Crippen molar-refractivity contribution in [2.45, 2.75) is 0 Å². The molecule has 1 heterocycles. The number of H-pyrrole nitrogens is 1. The summed E-state index contributed by atoms with van der Waals surface area (Å²) >= 11 is 4.54. The second-order valence-electron chi connectivity index (χ2n) is 3.24. The second kappa shape index (κ2) is 4.30. The highest BCUT2D eigenvalue weighted by molar-refractivity contribution is 7.80. The van der Waals surface area contributed by atoms with E-state index in [0.29, 0.717) is 10.8 Å². The first-order chi connectivity index (χ1) is 8.09. The quantitative estimate of drug-likeness (QED) is 0.526. The van der Waals surface area contributed by atoms with Gasteiger partial charge in [-0.05, 0) is 18.3 Å². The molecule has 0 saturated carbocycles. The number of rotatable bonds is 1. The van der Waals surface area contributed by atoms with E-state index >= 15 is 0 Å². The van der Waals surface area contributed by atoms with Crippen LogP contribution in [0.4, 0.5) is 5.69 Å². The van der Waals surface area contributed by atoms with Gasteiger partial charge in [0.05, 0.1) is 0 Å². The number of aromatic amines is 1. The number of aromatic nitrogens is 1. The fraction of sp³-hybridized carbons (Fsp3) is 0. The first-order valence-corrected chi connectivity index (χ1v) is 5.05. The molecule has 0 radical (unpaired) electrons. The normalized spacial score (nSPS) is 11.1. The van der Waals surface area contributed by atoms with Crippen LogP contribution in [0.2, 0.25) is 0 Å². The molecule has 6 nitrogen and oxygen atoms in total. The number of fused-ring (bicyclic) bond motifs is 1. The zero-order valence-electron chi connectivity index (χ0n) is 8.54. The number of nitrogens with zero attached hydrogens (tertiary/aromatic N) is 2. The number of azo groups is 1. The number of hydrogen-bond donors (Lipinski definition) is 3. The summed E-state index contributed by atoms with van der Waals surface area (Å²) in [5.41, 5.74) is 4.68. The van der Waals surface area contributed by atoms with E-state index in [1.165, 1.54) is 0 Å². The topological polar surface area (TPSA) is 104 Å². The molecule has 1 aromatic carbocycles. The van der Waals surface area contributed by atoms with E-state index in [9.17, 15) is 9.90 Å². The molecule has 0 amide bonds. The molecule has 0 unspecified atom stereocenters. The third kappa shape index (κ3) is 2.13. The van der Waals surface area contributed by atoms with Gasteiger partial charge in [0.25, 0.3) is 5.56 Å². The number of benzene rings is 1. The van der Waals surface area contributed by atoms with E-state index in [4.69, 9.17) is 5.73 Å². The van der Waals surface area contributed by atoms with Crippen LogP contribution in [0.5, 0.6) is 5.88 Å². The molecular weight excluding hydrogens is 240 g/mol. The van der Waals surface area contributed by atoms with E-state index in [-0.39, 0.29) is 16.7 Å². The van der Waals surface area contributed by atoms with Crippen molar-refractivity contribution in [3.05, 3.63) is 34.6 Å². The van der Waals surface area contributed by atoms with Crippen molar-refractivity contribution in [2.24, 2.45) is 16.0 Å². The zero-order chi connectivity index (χ0) is 12.4. The van der Waals surface area contributed by atoms with E-state index in [1.54, 1.807) is 24.3 Å². The van der Waals surface area contributed by atoms with E-state index in [2.05, 4.69) is 27.4 Å². The van der Waals surface area contributed by atoms with Crippen molar-refractivity contribution < 1.29 is 5.11 Å². The Bertz CT molecular complexity index is 678.